The van der Waals surface area contributed by atoms with Gasteiger partial charge < -0.3 is 10.5 Å². The second-order valence-electron chi connectivity index (χ2n) is 5.51. The maximum atomic E-state index is 5.99. The van der Waals surface area contributed by atoms with Crippen molar-refractivity contribution < 1.29 is 4.74 Å². The lowest BCUT2D eigenvalue weighted by Crippen LogP contribution is -2.39. The number of piperidine rings is 1. The average Bonchev–Trinajstić information content (AvgIpc) is 2.42. The summed E-state index contributed by atoms with van der Waals surface area (Å²) in [7, 11) is 0. The molecule has 4 heteroatoms. The van der Waals surface area contributed by atoms with Crippen LogP contribution in [-0.2, 0) is 6.54 Å². The minimum absolute atomic E-state index is 0. The highest BCUT2D eigenvalue weighted by Crippen LogP contribution is 2.24. The van der Waals surface area contributed by atoms with Gasteiger partial charge in [0.25, 0.3) is 0 Å². The smallest absolute Gasteiger partial charge is 0.123 e. The van der Waals surface area contributed by atoms with Crippen LogP contribution in [0.4, 0.5) is 0 Å². The van der Waals surface area contributed by atoms with Crippen LogP contribution < -0.4 is 10.5 Å². The molecule has 0 spiro atoms. The van der Waals surface area contributed by atoms with Crippen LogP contribution in [0.25, 0.3) is 0 Å². The van der Waals surface area contributed by atoms with E-state index in [2.05, 4.69) is 30.0 Å². The molecule has 1 saturated heterocycles. The fraction of sp³-hybridized carbons (Fsp3) is 0.625. The van der Waals surface area contributed by atoms with Gasteiger partial charge in [0.2, 0.25) is 0 Å². The van der Waals surface area contributed by atoms with E-state index in [0.29, 0.717) is 12.0 Å². The number of nitrogens with zero attached hydrogens (tertiary/aromatic N) is 1. The highest BCUT2D eigenvalue weighted by atomic mass is 35.5. The zero-order chi connectivity index (χ0) is 13.7. The van der Waals surface area contributed by atoms with Gasteiger partial charge in [0.15, 0.2) is 0 Å². The van der Waals surface area contributed by atoms with Crippen molar-refractivity contribution >= 4 is 12.4 Å². The highest BCUT2D eigenvalue weighted by molar-refractivity contribution is 5.85. The van der Waals surface area contributed by atoms with Gasteiger partial charge in [-0.25, -0.2) is 0 Å². The van der Waals surface area contributed by atoms with Crippen molar-refractivity contribution in [2.45, 2.75) is 39.3 Å². The predicted octanol–water partition coefficient (Wildman–Crippen LogP) is 3.07. The van der Waals surface area contributed by atoms with Gasteiger partial charge in [-0.15, -0.1) is 12.4 Å². The topological polar surface area (TPSA) is 38.5 Å². The van der Waals surface area contributed by atoms with E-state index in [4.69, 9.17) is 10.5 Å². The number of hydrogen-bond donors (Lipinski definition) is 1. The molecule has 1 aliphatic rings. The van der Waals surface area contributed by atoms with E-state index in [-0.39, 0.29) is 12.4 Å². The Morgan fingerprint density at radius 2 is 1.95 bits per heavy atom. The predicted molar refractivity (Wildman–Crippen MR) is 86.5 cm³/mol. The van der Waals surface area contributed by atoms with Crippen LogP contribution in [0.2, 0.25) is 0 Å². The Bertz CT molecular complexity index is 390. The Balaban J connectivity index is 0.00000200. The van der Waals surface area contributed by atoms with E-state index < -0.39 is 0 Å². The minimum Gasteiger partial charge on any atom is -0.494 e. The number of halogens is 1. The minimum atomic E-state index is 0. The Hall–Kier alpha value is -0.770. The Kier molecular flexibility index (Phi) is 7.35. The standard InChI is InChI=1S/C16H26N2O.ClH/c1-3-19-16-7-5-4-6-15(16)12-18-10-8-14(9-11-18)13(2)17;/h4-7,13-14H,3,8-12,17H2,1-2H3;1H. The van der Waals surface area contributed by atoms with Gasteiger partial charge in [0.05, 0.1) is 6.61 Å². The number of ether oxygens (including phenoxy) is 1. The summed E-state index contributed by atoms with van der Waals surface area (Å²) < 4.78 is 5.69. The number of hydrogen-bond acceptors (Lipinski definition) is 3. The fourth-order valence-corrected chi connectivity index (χ4v) is 2.81. The van der Waals surface area contributed by atoms with Crippen LogP contribution in [0.3, 0.4) is 0 Å². The zero-order valence-corrected chi connectivity index (χ0v) is 13.4. The van der Waals surface area contributed by atoms with Crippen molar-refractivity contribution in [2.75, 3.05) is 19.7 Å². The first kappa shape index (κ1) is 17.3. The molecule has 0 radical (unpaired) electrons. The van der Waals surface area contributed by atoms with Crippen molar-refractivity contribution in [3.8, 4) is 5.75 Å². The zero-order valence-electron chi connectivity index (χ0n) is 12.5. The molecular formula is C16H27ClN2O. The van der Waals surface area contributed by atoms with E-state index >= 15 is 0 Å². The van der Waals surface area contributed by atoms with Crippen LogP contribution in [0.5, 0.6) is 5.75 Å². The van der Waals surface area contributed by atoms with Crippen LogP contribution in [0, 0.1) is 5.92 Å². The molecule has 3 nitrogen and oxygen atoms in total. The molecule has 0 bridgehead atoms. The summed E-state index contributed by atoms with van der Waals surface area (Å²) in [4.78, 5) is 2.51. The maximum Gasteiger partial charge on any atom is 0.123 e. The van der Waals surface area contributed by atoms with E-state index in [1.807, 2.05) is 13.0 Å². The Morgan fingerprint density at radius 1 is 1.30 bits per heavy atom. The summed E-state index contributed by atoms with van der Waals surface area (Å²) in [5.41, 5.74) is 7.29. The van der Waals surface area contributed by atoms with Crippen molar-refractivity contribution in [1.29, 1.82) is 0 Å². The molecule has 1 aromatic carbocycles. The monoisotopic (exact) mass is 298 g/mol. The second-order valence-corrected chi connectivity index (χ2v) is 5.51. The van der Waals surface area contributed by atoms with Gasteiger partial charge in [-0.05, 0) is 51.8 Å². The highest BCUT2D eigenvalue weighted by Gasteiger charge is 2.22. The van der Waals surface area contributed by atoms with Crippen LogP contribution in [0.15, 0.2) is 24.3 Å². The normalized spacial score (nSPS) is 18.4. The Morgan fingerprint density at radius 3 is 2.55 bits per heavy atom. The molecule has 2 rings (SSSR count). The van der Waals surface area contributed by atoms with Gasteiger partial charge in [-0.3, -0.25) is 4.90 Å². The molecule has 0 amide bonds. The third kappa shape index (κ3) is 4.65. The molecule has 1 fully saturated rings. The van der Waals surface area contributed by atoms with Gasteiger partial charge in [-0.1, -0.05) is 18.2 Å². The quantitative estimate of drug-likeness (QED) is 0.908. The lowest BCUT2D eigenvalue weighted by molar-refractivity contribution is 0.164. The lowest BCUT2D eigenvalue weighted by Gasteiger charge is -2.33. The van der Waals surface area contributed by atoms with E-state index in [1.165, 1.54) is 18.4 Å². The van der Waals surface area contributed by atoms with Crippen molar-refractivity contribution in [3.05, 3.63) is 29.8 Å². The molecular weight excluding hydrogens is 272 g/mol. The number of para-hydroxylation sites is 1. The average molecular weight is 299 g/mol. The molecule has 1 aliphatic heterocycles. The van der Waals surface area contributed by atoms with Crippen LogP contribution in [-0.4, -0.2) is 30.6 Å². The van der Waals surface area contributed by atoms with Crippen LogP contribution >= 0.6 is 12.4 Å². The lowest BCUT2D eigenvalue weighted by atomic mass is 9.91. The number of nitrogens with two attached hydrogens (primary N) is 1. The van der Waals surface area contributed by atoms with Crippen molar-refractivity contribution in [3.63, 3.8) is 0 Å². The summed E-state index contributed by atoms with van der Waals surface area (Å²) in [6.45, 7) is 8.17. The first-order chi connectivity index (χ1) is 9.20. The molecule has 1 unspecified atom stereocenters. The molecule has 20 heavy (non-hydrogen) atoms. The van der Waals surface area contributed by atoms with Gasteiger partial charge in [0, 0.05) is 18.2 Å². The third-order valence-electron chi connectivity index (χ3n) is 4.04. The van der Waals surface area contributed by atoms with E-state index in [0.717, 1.165) is 32.0 Å². The molecule has 0 saturated carbocycles. The summed E-state index contributed by atoms with van der Waals surface area (Å²) in [6.07, 6.45) is 2.43. The van der Waals surface area contributed by atoms with Gasteiger partial charge in [-0.2, -0.15) is 0 Å². The molecule has 0 aromatic heterocycles. The SMILES string of the molecule is CCOc1ccccc1CN1CCC(C(C)N)CC1.Cl. The van der Waals surface area contributed by atoms with Gasteiger partial charge >= 0.3 is 0 Å². The fourth-order valence-electron chi connectivity index (χ4n) is 2.81. The first-order valence-corrected chi connectivity index (χ1v) is 7.39. The second kappa shape index (κ2) is 8.50. The van der Waals surface area contributed by atoms with Crippen LogP contribution in [0.1, 0.15) is 32.3 Å². The van der Waals surface area contributed by atoms with Crippen molar-refractivity contribution in [2.24, 2.45) is 11.7 Å². The number of rotatable bonds is 5. The van der Waals surface area contributed by atoms with E-state index in [1.54, 1.807) is 0 Å². The maximum absolute atomic E-state index is 5.99. The third-order valence-corrected chi connectivity index (χ3v) is 4.04. The summed E-state index contributed by atoms with van der Waals surface area (Å²) in [5.74, 6) is 1.72. The molecule has 2 N–H and O–H groups in total. The molecule has 1 aromatic rings. The molecule has 1 atom stereocenters. The summed E-state index contributed by atoms with van der Waals surface area (Å²) in [6, 6.07) is 8.69. The van der Waals surface area contributed by atoms with Gasteiger partial charge in [0.1, 0.15) is 5.75 Å². The number of likely N-dealkylation sites (tertiary alicyclic amines) is 1. The summed E-state index contributed by atoms with van der Waals surface area (Å²) >= 11 is 0. The molecule has 1 heterocycles. The summed E-state index contributed by atoms with van der Waals surface area (Å²) in [5, 5.41) is 0. The molecule has 114 valence electrons. The molecule has 0 aliphatic carbocycles. The number of benzene rings is 1. The van der Waals surface area contributed by atoms with E-state index in [9.17, 15) is 0 Å². The Labute approximate surface area is 128 Å². The van der Waals surface area contributed by atoms with Crippen molar-refractivity contribution in [1.82, 2.24) is 4.90 Å². The first-order valence-electron chi connectivity index (χ1n) is 7.39. The largest absolute Gasteiger partial charge is 0.494 e.